The van der Waals surface area contributed by atoms with Crippen LogP contribution in [0.25, 0.3) is 0 Å². The molecule has 0 aromatic heterocycles. The van der Waals surface area contributed by atoms with Gasteiger partial charge in [0.15, 0.2) is 0 Å². The molecule has 0 saturated carbocycles. The minimum Gasteiger partial charge on any atom is -0.389 e. The molecule has 0 aliphatic carbocycles. The van der Waals surface area contributed by atoms with Gasteiger partial charge in [-0.25, -0.2) is 0 Å². The van der Waals surface area contributed by atoms with Crippen LogP contribution in [0.4, 0.5) is 0 Å². The van der Waals surface area contributed by atoms with Gasteiger partial charge < -0.3 is 9.90 Å². The molecule has 0 aromatic rings. The van der Waals surface area contributed by atoms with Crippen molar-refractivity contribution >= 4 is 6.29 Å². The van der Waals surface area contributed by atoms with Crippen molar-refractivity contribution in [3.63, 3.8) is 0 Å². The van der Waals surface area contributed by atoms with E-state index in [4.69, 9.17) is 0 Å². The summed E-state index contributed by atoms with van der Waals surface area (Å²) in [4.78, 5) is 10.9. The summed E-state index contributed by atoms with van der Waals surface area (Å²) >= 11 is 0. The van der Waals surface area contributed by atoms with Gasteiger partial charge in [0.1, 0.15) is 6.29 Å². The lowest BCUT2D eigenvalue weighted by atomic mass is 9.71. The van der Waals surface area contributed by atoms with E-state index < -0.39 is 11.0 Å². The Bertz CT molecular complexity index is 152. The van der Waals surface area contributed by atoms with Gasteiger partial charge >= 0.3 is 0 Å². The van der Waals surface area contributed by atoms with Crippen LogP contribution in [-0.4, -0.2) is 17.0 Å². The Labute approximate surface area is 75.0 Å². The van der Waals surface area contributed by atoms with Gasteiger partial charge in [0, 0.05) is 0 Å². The third kappa shape index (κ3) is 2.07. The number of carbonyl (C=O) groups is 1. The molecule has 2 nitrogen and oxygen atoms in total. The third-order valence-corrected chi connectivity index (χ3v) is 2.95. The quantitative estimate of drug-likeness (QED) is 0.645. The maximum Gasteiger partial charge on any atom is 0.128 e. The highest BCUT2D eigenvalue weighted by Crippen LogP contribution is 2.35. The number of hydrogen-bond acceptors (Lipinski definition) is 2. The van der Waals surface area contributed by atoms with Crippen molar-refractivity contribution in [2.24, 2.45) is 5.41 Å². The topological polar surface area (TPSA) is 37.3 Å². The van der Waals surface area contributed by atoms with E-state index in [2.05, 4.69) is 0 Å². The van der Waals surface area contributed by atoms with Crippen LogP contribution < -0.4 is 0 Å². The molecule has 12 heavy (non-hydrogen) atoms. The van der Waals surface area contributed by atoms with Crippen molar-refractivity contribution in [2.45, 2.75) is 52.6 Å². The average molecular weight is 172 g/mol. The molecule has 0 heterocycles. The maximum atomic E-state index is 10.9. The molecule has 0 radical (unpaired) electrons. The lowest BCUT2D eigenvalue weighted by molar-refractivity contribution is -0.132. The second-order valence-corrected chi connectivity index (χ2v) is 3.91. The Morgan fingerprint density at radius 2 is 1.83 bits per heavy atom. The van der Waals surface area contributed by atoms with Gasteiger partial charge in [-0.2, -0.15) is 0 Å². The summed E-state index contributed by atoms with van der Waals surface area (Å²) in [6.45, 7) is 7.48. The predicted octanol–water partition coefficient (Wildman–Crippen LogP) is 2.15. The number of rotatable bonds is 5. The van der Waals surface area contributed by atoms with Gasteiger partial charge in [0.2, 0.25) is 0 Å². The second-order valence-electron chi connectivity index (χ2n) is 3.91. The number of aliphatic hydroxyl groups is 1. The van der Waals surface area contributed by atoms with E-state index >= 15 is 0 Å². The molecule has 0 rings (SSSR count). The summed E-state index contributed by atoms with van der Waals surface area (Å²) < 4.78 is 0. The fraction of sp³-hybridized carbons (Fsp3) is 0.900. The number of hydrogen-bond donors (Lipinski definition) is 1. The summed E-state index contributed by atoms with van der Waals surface area (Å²) in [5.41, 5.74) is -1.46. The van der Waals surface area contributed by atoms with Gasteiger partial charge in [-0.05, 0) is 19.8 Å². The van der Waals surface area contributed by atoms with Crippen LogP contribution >= 0.6 is 0 Å². The second kappa shape index (κ2) is 4.04. The average Bonchev–Trinajstić information content (AvgIpc) is 2.04. The fourth-order valence-corrected chi connectivity index (χ4v) is 1.38. The Balaban J connectivity index is 4.60. The first-order chi connectivity index (χ1) is 5.43. The van der Waals surface area contributed by atoms with Crippen LogP contribution in [-0.2, 0) is 4.79 Å². The first-order valence-corrected chi connectivity index (χ1v) is 4.62. The molecule has 72 valence electrons. The summed E-state index contributed by atoms with van der Waals surface area (Å²) in [5, 5.41) is 9.94. The van der Waals surface area contributed by atoms with Crippen molar-refractivity contribution in [2.75, 3.05) is 0 Å². The van der Waals surface area contributed by atoms with E-state index in [0.717, 1.165) is 19.1 Å². The summed E-state index contributed by atoms with van der Waals surface area (Å²) in [5.74, 6) is 0. The SMILES string of the molecule is CCCC(C)(C=O)C(C)(O)CC. The molecular weight excluding hydrogens is 152 g/mol. The zero-order chi connectivity index (χ0) is 9.83. The smallest absolute Gasteiger partial charge is 0.128 e. The highest BCUT2D eigenvalue weighted by molar-refractivity contribution is 5.60. The van der Waals surface area contributed by atoms with Gasteiger partial charge in [-0.3, -0.25) is 0 Å². The molecular formula is C10H20O2. The van der Waals surface area contributed by atoms with E-state index in [9.17, 15) is 9.90 Å². The predicted molar refractivity (Wildman–Crippen MR) is 50.0 cm³/mol. The third-order valence-electron chi connectivity index (χ3n) is 2.95. The molecule has 0 amide bonds. The molecule has 2 atom stereocenters. The molecule has 0 aromatic carbocycles. The summed E-state index contributed by atoms with van der Waals surface area (Å²) in [6, 6.07) is 0. The lowest BCUT2D eigenvalue weighted by Crippen LogP contribution is -2.44. The van der Waals surface area contributed by atoms with Gasteiger partial charge in [0.25, 0.3) is 0 Å². The monoisotopic (exact) mass is 172 g/mol. The molecule has 2 unspecified atom stereocenters. The van der Waals surface area contributed by atoms with Crippen molar-refractivity contribution in [1.29, 1.82) is 0 Å². The number of carbonyl (C=O) groups excluding carboxylic acids is 1. The Morgan fingerprint density at radius 3 is 2.08 bits per heavy atom. The minimum absolute atomic E-state index is 0.587. The summed E-state index contributed by atoms with van der Waals surface area (Å²) in [6.07, 6.45) is 3.17. The van der Waals surface area contributed by atoms with Gasteiger partial charge in [0.05, 0.1) is 11.0 Å². The maximum absolute atomic E-state index is 10.9. The van der Waals surface area contributed by atoms with Crippen molar-refractivity contribution in [3.05, 3.63) is 0 Å². The summed E-state index contributed by atoms with van der Waals surface area (Å²) in [7, 11) is 0. The lowest BCUT2D eigenvalue weighted by Gasteiger charge is -2.37. The van der Waals surface area contributed by atoms with Gasteiger partial charge in [-0.1, -0.05) is 27.2 Å². The minimum atomic E-state index is -0.870. The molecule has 0 aliphatic heterocycles. The first-order valence-electron chi connectivity index (χ1n) is 4.62. The molecule has 0 saturated heterocycles. The van der Waals surface area contributed by atoms with Crippen LogP contribution in [0.2, 0.25) is 0 Å². The zero-order valence-electron chi connectivity index (χ0n) is 8.55. The Kier molecular flexibility index (Phi) is 3.91. The highest BCUT2D eigenvalue weighted by atomic mass is 16.3. The largest absolute Gasteiger partial charge is 0.389 e. The standard InChI is InChI=1S/C10H20O2/c1-5-7-9(3,8-11)10(4,12)6-2/h8,12H,5-7H2,1-4H3. The zero-order valence-corrected chi connectivity index (χ0v) is 8.55. The fourth-order valence-electron chi connectivity index (χ4n) is 1.38. The molecule has 0 aliphatic rings. The van der Waals surface area contributed by atoms with Crippen molar-refractivity contribution in [3.8, 4) is 0 Å². The Morgan fingerprint density at radius 1 is 1.33 bits per heavy atom. The van der Waals surface area contributed by atoms with Crippen molar-refractivity contribution in [1.82, 2.24) is 0 Å². The molecule has 0 bridgehead atoms. The van der Waals surface area contributed by atoms with E-state index in [1.807, 2.05) is 20.8 Å². The number of aldehydes is 1. The first kappa shape index (κ1) is 11.6. The van der Waals surface area contributed by atoms with Crippen LogP contribution in [0.5, 0.6) is 0 Å². The highest BCUT2D eigenvalue weighted by Gasteiger charge is 2.40. The Hall–Kier alpha value is -0.370. The van der Waals surface area contributed by atoms with E-state index in [1.165, 1.54) is 0 Å². The van der Waals surface area contributed by atoms with Crippen molar-refractivity contribution < 1.29 is 9.90 Å². The van der Waals surface area contributed by atoms with Crippen LogP contribution in [0.1, 0.15) is 47.0 Å². The van der Waals surface area contributed by atoms with E-state index in [1.54, 1.807) is 6.92 Å². The van der Waals surface area contributed by atoms with Gasteiger partial charge in [-0.15, -0.1) is 0 Å². The molecule has 2 heteroatoms. The van der Waals surface area contributed by atoms with E-state index in [0.29, 0.717) is 6.42 Å². The molecule has 1 N–H and O–H groups in total. The van der Waals surface area contributed by atoms with Crippen LogP contribution in [0, 0.1) is 5.41 Å². The normalized spacial score (nSPS) is 21.1. The molecule has 0 fully saturated rings. The van der Waals surface area contributed by atoms with Crippen LogP contribution in [0.3, 0.4) is 0 Å². The molecule has 0 spiro atoms. The van der Waals surface area contributed by atoms with Crippen LogP contribution in [0.15, 0.2) is 0 Å². The van der Waals surface area contributed by atoms with E-state index in [-0.39, 0.29) is 0 Å².